The van der Waals surface area contributed by atoms with Gasteiger partial charge in [0.1, 0.15) is 5.65 Å². The summed E-state index contributed by atoms with van der Waals surface area (Å²) in [6.07, 6.45) is -3.77. The Bertz CT molecular complexity index is 1380. The number of fused-ring (bicyclic) bond motifs is 2. The van der Waals surface area contributed by atoms with Crippen molar-refractivity contribution < 1.29 is 31.5 Å². The molecule has 0 saturated carbocycles. The van der Waals surface area contributed by atoms with Gasteiger partial charge in [0.05, 0.1) is 23.2 Å². The van der Waals surface area contributed by atoms with Crippen LogP contribution < -0.4 is 4.74 Å². The van der Waals surface area contributed by atoms with Crippen LogP contribution in [0.5, 0.6) is 5.88 Å². The van der Waals surface area contributed by atoms with Crippen molar-refractivity contribution in [2.45, 2.75) is 24.6 Å². The topological polar surface area (TPSA) is 59.7 Å². The lowest BCUT2D eigenvalue weighted by atomic mass is 10.0. The summed E-state index contributed by atoms with van der Waals surface area (Å²) < 4.78 is 75.9. The number of carbonyl (C=O) groups is 1. The molecule has 0 spiro atoms. The van der Waals surface area contributed by atoms with Gasteiger partial charge in [0.15, 0.2) is 6.10 Å². The van der Waals surface area contributed by atoms with Crippen LogP contribution >= 0.6 is 0 Å². The third-order valence-corrected chi connectivity index (χ3v) is 5.74. The number of carbonyl (C=O) groups excluding carboxylic acids is 1. The number of para-hydroxylation sites is 1. The molecule has 6 nitrogen and oxygen atoms in total. The quantitative estimate of drug-likeness (QED) is 0.398. The van der Waals surface area contributed by atoms with Gasteiger partial charge in [-0.1, -0.05) is 18.2 Å². The zero-order valence-electron chi connectivity index (χ0n) is 17.5. The van der Waals surface area contributed by atoms with Crippen LogP contribution in [0.3, 0.4) is 0 Å². The fourth-order valence-electron chi connectivity index (χ4n) is 3.95. The highest BCUT2D eigenvalue weighted by molar-refractivity contribution is 6.00. The number of hydrogen-bond acceptors (Lipinski definition) is 4. The molecule has 176 valence electrons. The summed E-state index contributed by atoms with van der Waals surface area (Å²) in [4.78, 5) is 22.4. The number of imidazole rings is 1. The molecule has 5 rings (SSSR count). The van der Waals surface area contributed by atoms with Crippen LogP contribution in [-0.2, 0) is 6.18 Å². The zero-order valence-corrected chi connectivity index (χ0v) is 17.5. The van der Waals surface area contributed by atoms with E-state index in [1.54, 1.807) is 18.2 Å². The minimum atomic E-state index is -4.70. The number of alkyl halides is 5. The minimum absolute atomic E-state index is 0.00370. The lowest BCUT2D eigenvalue weighted by Crippen LogP contribution is -2.55. The average molecular weight is 476 g/mol. The first kappa shape index (κ1) is 22.1. The molecule has 1 saturated heterocycles. The summed E-state index contributed by atoms with van der Waals surface area (Å²) in [5.41, 5.74) is -0.814. The van der Waals surface area contributed by atoms with Crippen molar-refractivity contribution in [1.29, 1.82) is 0 Å². The van der Waals surface area contributed by atoms with E-state index >= 15 is 0 Å². The number of ether oxygens (including phenoxy) is 1. The second-order valence-electron chi connectivity index (χ2n) is 8.01. The third kappa shape index (κ3) is 4.02. The largest absolute Gasteiger partial charge is 0.466 e. The maximum absolute atomic E-state index is 14.7. The predicted octanol–water partition coefficient (Wildman–Crippen LogP) is 4.83. The Morgan fingerprint density at radius 2 is 1.94 bits per heavy atom. The van der Waals surface area contributed by atoms with Gasteiger partial charge in [0, 0.05) is 43.0 Å². The molecule has 4 aromatic rings. The summed E-state index contributed by atoms with van der Waals surface area (Å²) in [5.74, 6) is -4.13. The van der Waals surface area contributed by atoms with Gasteiger partial charge >= 0.3 is 6.18 Å². The lowest BCUT2D eigenvalue weighted by Gasteiger charge is -2.38. The van der Waals surface area contributed by atoms with Crippen molar-refractivity contribution in [3.8, 4) is 5.88 Å². The van der Waals surface area contributed by atoms with E-state index in [1.807, 2.05) is 12.1 Å². The Hall–Kier alpha value is -3.76. The van der Waals surface area contributed by atoms with Gasteiger partial charge in [0.2, 0.25) is 5.88 Å². The standard InChI is InChI=1S/C23H17F5N4O2/c24-22(25)7-9-32(13-18(22)34-19-6-5-14-3-1-2-4-17(14)30-19)21(33)16-11-15(23(26,27)28)12-31-10-8-29-20(16)31/h1-6,8,10-12,18H,7,9,13H2. The zero-order chi connectivity index (χ0) is 24.1. The van der Waals surface area contributed by atoms with Gasteiger partial charge in [-0.05, 0) is 18.2 Å². The number of amides is 1. The van der Waals surface area contributed by atoms with Crippen molar-refractivity contribution in [3.63, 3.8) is 0 Å². The van der Waals surface area contributed by atoms with Crippen LogP contribution in [0.4, 0.5) is 22.0 Å². The first-order valence-electron chi connectivity index (χ1n) is 10.4. The maximum Gasteiger partial charge on any atom is 0.417 e. The van der Waals surface area contributed by atoms with E-state index in [9.17, 15) is 26.7 Å². The number of pyridine rings is 2. The number of likely N-dealkylation sites (tertiary alicyclic amines) is 1. The molecule has 0 bridgehead atoms. The lowest BCUT2D eigenvalue weighted by molar-refractivity contribution is -0.137. The highest BCUT2D eigenvalue weighted by Gasteiger charge is 2.47. The Morgan fingerprint density at radius 1 is 1.15 bits per heavy atom. The number of hydrogen-bond donors (Lipinski definition) is 0. The van der Waals surface area contributed by atoms with Gasteiger partial charge < -0.3 is 14.0 Å². The van der Waals surface area contributed by atoms with Gasteiger partial charge in [-0.3, -0.25) is 4.79 Å². The van der Waals surface area contributed by atoms with Gasteiger partial charge in [-0.25, -0.2) is 18.7 Å². The van der Waals surface area contributed by atoms with Crippen LogP contribution in [0.15, 0.2) is 61.1 Å². The van der Waals surface area contributed by atoms with E-state index in [0.29, 0.717) is 11.6 Å². The molecule has 4 heterocycles. The molecule has 0 N–H and O–H groups in total. The van der Waals surface area contributed by atoms with Crippen molar-refractivity contribution in [2.24, 2.45) is 0 Å². The molecule has 3 aromatic heterocycles. The van der Waals surface area contributed by atoms with E-state index in [1.165, 1.54) is 18.5 Å². The van der Waals surface area contributed by atoms with Crippen LogP contribution in [-0.4, -0.2) is 50.3 Å². The van der Waals surface area contributed by atoms with Crippen LogP contribution in [0.25, 0.3) is 16.6 Å². The molecule has 0 radical (unpaired) electrons. The van der Waals surface area contributed by atoms with Crippen molar-refractivity contribution >= 4 is 22.5 Å². The Kier molecular flexibility index (Phi) is 5.14. The summed E-state index contributed by atoms with van der Waals surface area (Å²) >= 11 is 0. The van der Waals surface area contributed by atoms with Crippen molar-refractivity contribution in [3.05, 3.63) is 72.2 Å². The first-order chi connectivity index (χ1) is 16.1. The molecule has 1 amide bonds. The predicted molar refractivity (Wildman–Crippen MR) is 112 cm³/mol. The normalized spacial score (nSPS) is 18.4. The monoisotopic (exact) mass is 476 g/mol. The van der Waals surface area contributed by atoms with Crippen molar-refractivity contribution in [2.75, 3.05) is 13.1 Å². The van der Waals surface area contributed by atoms with Crippen molar-refractivity contribution in [1.82, 2.24) is 19.3 Å². The van der Waals surface area contributed by atoms with Gasteiger partial charge in [-0.2, -0.15) is 13.2 Å². The molecule has 1 aromatic carbocycles. The van der Waals surface area contributed by atoms with E-state index in [-0.39, 0.29) is 23.6 Å². The average Bonchev–Trinajstić information content (AvgIpc) is 3.27. The van der Waals surface area contributed by atoms with Crippen LogP contribution in [0.1, 0.15) is 22.3 Å². The summed E-state index contributed by atoms with van der Waals surface area (Å²) in [6, 6.07) is 10.9. The smallest absolute Gasteiger partial charge is 0.417 e. The molecule has 0 aliphatic carbocycles. The molecule has 1 atom stereocenters. The second-order valence-corrected chi connectivity index (χ2v) is 8.01. The molecule has 1 aliphatic rings. The summed E-state index contributed by atoms with van der Waals surface area (Å²) in [7, 11) is 0. The fraction of sp³-hybridized carbons (Fsp3) is 0.261. The molecule has 1 unspecified atom stereocenters. The maximum atomic E-state index is 14.7. The highest BCUT2D eigenvalue weighted by atomic mass is 19.4. The van der Waals surface area contributed by atoms with E-state index in [4.69, 9.17) is 4.74 Å². The Labute approximate surface area is 189 Å². The molecule has 1 fully saturated rings. The van der Waals surface area contributed by atoms with Crippen LogP contribution in [0.2, 0.25) is 0 Å². The summed E-state index contributed by atoms with van der Waals surface area (Å²) in [6.45, 7) is -0.872. The number of aromatic nitrogens is 3. The molecule has 1 aliphatic heterocycles. The first-order valence-corrected chi connectivity index (χ1v) is 10.4. The molecule has 34 heavy (non-hydrogen) atoms. The van der Waals surface area contributed by atoms with E-state index in [0.717, 1.165) is 20.9 Å². The Balaban J connectivity index is 1.44. The fourth-order valence-corrected chi connectivity index (χ4v) is 3.95. The molecular formula is C23H17F5N4O2. The van der Waals surface area contributed by atoms with E-state index in [2.05, 4.69) is 9.97 Å². The molecule has 11 heteroatoms. The van der Waals surface area contributed by atoms with E-state index < -0.39 is 42.6 Å². The number of rotatable bonds is 3. The third-order valence-electron chi connectivity index (χ3n) is 5.74. The number of nitrogens with zero attached hydrogens (tertiary/aromatic N) is 4. The highest BCUT2D eigenvalue weighted by Crippen LogP contribution is 2.34. The van der Waals surface area contributed by atoms with Gasteiger partial charge in [-0.15, -0.1) is 0 Å². The number of halogens is 5. The Morgan fingerprint density at radius 3 is 2.74 bits per heavy atom. The second kappa shape index (κ2) is 7.93. The molecular weight excluding hydrogens is 459 g/mol. The minimum Gasteiger partial charge on any atom is -0.466 e. The van der Waals surface area contributed by atoms with Gasteiger partial charge in [0.25, 0.3) is 11.8 Å². The van der Waals surface area contributed by atoms with Crippen LogP contribution in [0, 0.1) is 0 Å². The SMILES string of the molecule is O=C(c1cc(C(F)(F)F)cn2ccnc12)N1CCC(F)(F)C(Oc2ccc3ccccc3n2)C1. The summed E-state index contributed by atoms with van der Waals surface area (Å²) in [5, 5.41) is 0.801. The number of piperidine rings is 1. The number of benzene rings is 1.